The Morgan fingerprint density at radius 3 is 2.58 bits per heavy atom. The number of ether oxygens (including phenoxy) is 1. The number of sulfonamides is 1. The molecule has 6 heteroatoms. The van der Waals surface area contributed by atoms with Crippen molar-refractivity contribution in [3.8, 4) is 5.75 Å². The first-order chi connectivity index (χ1) is 11.4. The van der Waals surface area contributed by atoms with Crippen LogP contribution < -0.4 is 9.46 Å². The summed E-state index contributed by atoms with van der Waals surface area (Å²) in [6.07, 6.45) is 3.35. The molecule has 2 aromatic rings. The van der Waals surface area contributed by atoms with Crippen molar-refractivity contribution in [3.05, 3.63) is 58.1 Å². The Morgan fingerprint density at radius 1 is 1.12 bits per heavy atom. The lowest BCUT2D eigenvalue weighted by atomic mass is 10.0. The molecule has 2 aromatic carbocycles. The fourth-order valence-electron chi connectivity index (χ4n) is 3.04. The summed E-state index contributed by atoms with van der Waals surface area (Å²) in [7, 11) is -2.17. The third-order valence-corrected chi connectivity index (χ3v) is 6.22. The topological polar surface area (TPSA) is 55.4 Å². The minimum Gasteiger partial charge on any atom is -0.495 e. The highest BCUT2D eigenvalue weighted by atomic mass is 35.5. The molecule has 1 aliphatic carbocycles. The summed E-state index contributed by atoms with van der Waals surface area (Å²) in [5, 5.41) is 0.269. The minimum absolute atomic E-state index is 0.126. The van der Waals surface area contributed by atoms with Crippen molar-refractivity contribution >= 4 is 21.6 Å². The van der Waals surface area contributed by atoms with Crippen LogP contribution in [-0.2, 0) is 22.9 Å². The number of fused-ring (bicyclic) bond motifs is 1. The number of hydrogen-bond acceptors (Lipinski definition) is 3. The van der Waals surface area contributed by atoms with Gasteiger partial charge in [0.2, 0.25) is 10.0 Å². The van der Waals surface area contributed by atoms with Crippen LogP contribution in [0.4, 0.5) is 0 Å². The first kappa shape index (κ1) is 17.3. The monoisotopic (exact) mass is 365 g/mol. The van der Waals surface area contributed by atoms with Gasteiger partial charge in [0.15, 0.2) is 0 Å². The van der Waals surface area contributed by atoms with Gasteiger partial charge in [-0.25, -0.2) is 13.1 Å². The third-order valence-electron chi connectivity index (χ3n) is 4.39. The molecule has 0 aromatic heterocycles. The fraction of sp³-hybridized carbons (Fsp3) is 0.333. The van der Waals surface area contributed by atoms with Gasteiger partial charge in [-0.1, -0.05) is 29.8 Å². The molecule has 0 saturated heterocycles. The zero-order valence-corrected chi connectivity index (χ0v) is 15.2. The largest absolute Gasteiger partial charge is 0.495 e. The maximum atomic E-state index is 12.6. The van der Waals surface area contributed by atoms with Crippen molar-refractivity contribution in [1.82, 2.24) is 4.72 Å². The van der Waals surface area contributed by atoms with Gasteiger partial charge < -0.3 is 4.74 Å². The first-order valence-corrected chi connectivity index (χ1v) is 9.74. The molecule has 128 valence electrons. The smallest absolute Gasteiger partial charge is 0.241 e. The summed E-state index contributed by atoms with van der Waals surface area (Å²) in [6, 6.07) is 10.3. The zero-order valence-electron chi connectivity index (χ0n) is 13.7. The average molecular weight is 366 g/mol. The fourth-order valence-corrected chi connectivity index (χ4v) is 4.62. The second-order valence-corrected chi connectivity index (χ2v) is 8.14. The molecule has 0 unspecified atom stereocenters. The number of rotatable bonds is 5. The van der Waals surface area contributed by atoms with Gasteiger partial charge >= 0.3 is 0 Å². The minimum atomic E-state index is -3.66. The van der Waals surface area contributed by atoms with Crippen LogP contribution >= 0.6 is 11.6 Å². The van der Waals surface area contributed by atoms with Crippen molar-refractivity contribution in [1.29, 1.82) is 0 Å². The van der Waals surface area contributed by atoms with E-state index in [4.69, 9.17) is 16.3 Å². The summed E-state index contributed by atoms with van der Waals surface area (Å²) in [5.74, 6) is 0.447. The summed E-state index contributed by atoms with van der Waals surface area (Å²) in [4.78, 5) is 0.126. The Kier molecular flexibility index (Phi) is 4.85. The molecule has 1 aliphatic rings. The van der Waals surface area contributed by atoms with Gasteiger partial charge in [-0.15, -0.1) is 0 Å². The van der Waals surface area contributed by atoms with Crippen molar-refractivity contribution < 1.29 is 13.2 Å². The summed E-state index contributed by atoms with van der Waals surface area (Å²) in [5.41, 5.74) is 3.67. The van der Waals surface area contributed by atoms with Gasteiger partial charge in [0.05, 0.1) is 17.0 Å². The quantitative estimate of drug-likeness (QED) is 0.874. The van der Waals surface area contributed by atoms with Crippen molar-refractivity contribution in [2.24, 2.45) is 0 Å². The van der Waals surface area contributed by atoms with Crippen molar-refractivity contribution in [3.63, 3.8) is 0 Å². The van der Waals surface area contributed by atoms with Gasteiger partial charge in [0.25, 0.3) is 0 Å². The van der Waals surface area contributed by atoms with Gasteiger partial charge in [-0.3, -0.25) is 0 Å². The van der Waals surface area contributed by atoms with Gasteiger partial charge in [0, 0.05) is 6.04 Å². The highest BCUT2D eigenvalue weighted by Gasteiger charge is 2.21. The highest BCUT2D eigenvalue weighted by Crippen LogP contribution is 2.29. The zero-order chi connectivity index (χ0) is 17.3. The Labute approximate surface area is 147 Å². The van der Waals surface area contributed by atoms with Crippen molar-refractivity contribution in [2.45, 2.75) is 37.1 Å². The lowest BCUT2D eigenvalue weighted by Gasteiger charge is -2.16. The van der Waals surface area contributed by atoms with E-state index >= 15 is 0 Å². The van der Waals surface area contributed by atoms with E-state index in [9.17, 15) is 8.42 Å². The normalized spacial score (nSPS) is 15.1. The van der Waals surface area contributed by atoms with Crippen LogP contribution in [-0.4, -0.2) is 15.5 Å². The molecule has 0 spiro atoms. The van der Waals surface area contributed by atoms with Crippen LogP contribution in [0.1, 0.15) is 36.1 Å². The Balaban J connectivity index is 1.82. The van der Waals surface area contributed by atoms with Gasteiger partial charge in [-0.05, 0) is 61.1 Å². The second-order valence-electron chi connectivity index (χ2n) is 6.02. The van der Waals surface area contributed by atoms with Gasteiger partial charge in [-0.2, -0.15) is 0 Å². The van der Waals surface area contributed by atoms with E-state index in [-0.39, 0.29) is 16.0 Å². The Hall–Kier alpha value is -1.56. The molecule has 0 aliphatic heterocycles. The van der Waals surface area contributed by atoms with Crippen molar-refractivity contribution in [2.75, 3.05) is 7.11 Å². The van der Waals surface area contributed by atoms with E-state index in [1.54, 1.807) is 6.07 Å². The van der Waals surface area contributed by atoms with E-state index in [2.05, 4.69) is 16.9 Å². The number of hydrogen-bond donors (Lipinski definition) is 1. The molecular formula is C18H20ClNO3S. The molecule has 24 heavy (non-hydrogen) atoms. The highest BCUT2D eigenvalue weighted by molar-refractivity contribution is 7.89. The first-order valence-electron chi connectivity index (χ1n) is 7.88. The summed E-state index contributed by atoms with van der Waals surface area (Å²) < 4.78 is 33.0. The van der Waals surface area contributed by atoms with Crippen LogP contribution in [0.2, 0.25) is 5.02 Å². The Morgan fingerprint density at radius 2 is 1.88 bits per heavy atom. The van der Waals surface area contributed by atoms with Gasteiger partial charge in [0.1, 0.15) is 5.75 Å². The molecule has 3 rings (SSSR count). The lowest BCUT2D eigenvalue weighted by Crippen LogP contribution is -2.27. The lowest BCUT2D eigenvalue weighted by molar-refractivity contribution is 0.414. The van der Waals surface area contributed by atoms with Crippen LogP contribution in [0, 0.1) is 0 Å². The van der Waals surface area contributed by atoms with E-state index in [0.29, 0.717) is 5.75 Å². The molecule has 1 atom stereocenters. The van der Waals surface area contributed by atoms with Crippen LogP contribution in [0.15, 0.2) is 41.3 Å². The predicted molar refractivity (Wildman–Crippen MR) is 95.2 cm³/mol. The molecule has 0 heterocycles. The van der Waals surface area contributed by atoms with E-state index in [1.807, 2.05) is 13.0 Å². The predicted octanol–water partition coefficient (Wildman–Crippen LogP) is 3.88. The van der Waals surface area contributed by atoms with Crippen LogP contribution in [0.5, 0.6) is 5.75 Å². The van der Waals surface area contributed by atoms with E-state index in [0.717, 1.165) is 18.4 Å². The molecule has 4 nitrogen and oxygen atoms in total. The number of aryl methyl sites for hydroxylation is 2. The van der Waals surface area contributed by atoms with Crippen LogP contribution in [0.25, 0.3) is 0 Å². The number of benzene rings is 2. The summed E-state index contributed by atoms with van der Waals surface area (Å²) >= 11 is 6.04. The Bertz CT molecular complexity index is 865. The molecule has 0 saturated carbocycles. The summed E-state index contributed by atoms with van der Waals surface area (Å²) in [6.45, 7) is 1.85. The molecule has 1 N–H and O–H groups in total. The molecule has 0 fully saturated rings. The second kappa shape index (κ2) is 6.75. The third kappa shape index (κ3) is 3.43. The number of methoxy groups -OCH3 is 1. The van der Waals surface area contributed by atoms with E-state index < -0.39 is 10.0 Å². The maximum Gasteiger partial charge on any atom is 0.241 e. The standard InChI is InChI=1S/C18H20ClNO3S/c1-12(14-7-6-13-4-3-5-15(13)10-14)20-24(21,22)16-8-9-18(23-2)17(19)11-16/h6-12,20H,3-5H2,1-2H3/t12-/m1/s1. The number of halogens is 1. The molecule has 0 amide bonds. The van der Waals surface area contributed by atoms with E-state index in [1.165, 1.54) is 36.8 Å². The number of nitrogens with one attached hydrogen (secondary N) is 1. The average Bonchev–Trinajstić information content (AvgIpc) is 3.01. The molecule has 0 bridgehead atoms. The SMILES string of the molecule is COc1ccc(S(=O)(=O)N[C@H](C)c2ccc3c(c2)CCC3)cc1Cl. The molecule has 0 radical (unpaired) electrons. The van der Waals surface area contributed by atoms with Crippen LogP contribution in [0.3, 0.4) is 0 Å². The molecular weight excluding hydrogens is 346 g/mol. The maximum absolute atomic E-state index is 12.6.